The lowest BCUT2D eigenvalue weighted by Crippen LogP contribution is -2.27. The summed E-state index contributed by atoms with van der Waals surface area (Å²) >= 11 is 7.09. The Balaban J connectivity index is 3.88. The Bertz CT molecular complexity index is 88.8. The van der Waals surface area contributed by atoms with Crippen LogP contribution in [0.15, 0.2) is 0 Å². The SMILES string of the molecule is FC(C(Br)Br)C(F)(F)Br. The zero-order chi connectivity index (χ0) is 7.65. The topological polar surface area (TPSA) is 0 Å². The average Bonchev–Trinajstić information content (AvgIpc) is 1.62. The fraction of sp³-hybridized carbons (Fsp3) is 1.00. The Morgan fingerprint density at radius 2 is 1.56 bits per heavy atom. The van der Waals surface area contributed by atoms with Gasteiger partial charge in [-0.2, -0.15) is 8.78 Å². The van der Waals surface area contributed by atoms with E-state index in [0.717, 1.165) is 0 Å². The molecule has 0 bridgehead atoms. The largest absolute Gasteiger partial charge is 0.333 e. The fourth-order valence-electron chi connectivity index (χ4n) is 0.143. The van der Waals surface area contributed by atoms with Crippen molar-refractivity contribution in [3.8, 4) is 0 Å². The Morgan fingerprint density at radius 1 is 1.22 bits per heavy atom. The van der Waals surface area contributed by atoms with Gasteiger partial charge in [-0.05, 0) is 15.9 Å². The maximum Gasteiger partial charge on any atom is 0.333 e. The summed E-state index contributed by atoms with van der Waals surface area (Å²) in [6, 6.07) is 0. The van der Waals surface area contributed by atoms with E-state index in [1.807, 2.05) is 15.9 Å². The molecule has 0 spiro atoms. The molecule has 9 heavy (non-hydrogen) atoms. The van der Waals surface area contributed by atoms with Crippen LogP contribution in [0.3, 0.4) is 0 Å². The maximum atomic E-state index is 12.1. The van der Waals surface area contributed by atoms with Gasteiger partial charge in [-0.3, -0.25) is 0 Å². The summed E-state index contributed by atoms with van der Waals surface area (Å²) < 4.78 is 34.8. The van der Waals surface area contributed by atoms with Crippen LogP contribution >= 0.6 is 47.8 Å². The molecule has 0 heterocycles. The molecule has 0 aromatic rings. The molecule has 1 atom stereocenters. The quantitative estimate of drug-likeness (QED) is 0.679. The third-order valence-electron chi connectivity index (χ3n) is 0.534. The lowest BCUT2D eigenvalue weighted by Gasteiger charge is -2.14. The third kappa shape index (κ3) is 3.83. The molecular weight excluding hydrogens is 333 g/mol. The van der Waals surface area contributed by atoms with Crippen molar-refractivity contribution in [1.29, 1.82) is 0 Å². The minimum Gasteiger partial charge on any atom is -0.238 e. The van der Waals surface area contributed by atoms with E-state index < -0.39 is 14.7 Å². The molecule has 0 aliphatic heterocycles. The van der Waals surface area contributed by atoms with Gasteiger partial charge in [-0.25, -0.2) is 4.39 Å². The zero-order valence-electron chi connectivity index (χ0n) is 3.92. The molecule has 1 unspecified atom stereocenters. The number of alkyl halides is 6. The van der Waals surface area contributed by atoms with Crippen LogP contribution in [0.1, 0.15) is 0 Å². The molecule has 0 N–H and O–H groups in total. The minimum absolute atomic E-state index is 1.03. The van der Waals surface area contributed by atoms with Gasteiger partial charge in [-0.1, -0.05) is 31.9 Å². The first-order chi connectivity index (χ1) is 3.85. The number of hydrogen-bond donors (Lipinski definition) is 0. The maximum absolute atomic E-state index is 12.1. The fourth-order valence-corrected chi connectivity index (χ4v) is 1.78. The summed E-state index contributed by atoms with van der Waals surface area (Å²) in [5, 5.41) is 0. The van der Waals surface area contributed by atoms with Gasteiger partial charge < -0.3 is 0 Å². The van der Waals surface area contributed by atoms with Crippen LogP contribution in [0.5, 0.6) is 0 Å². The number of rotatable bonds is 2. The van der Waals surface area contributed by atoms with Crippen LogP contribution in [0, 0.1) is 0 Å². The van der Waals surface area contributed by atoms with Crippen LogP contribution in [-0.4, -0.2) is 14.7 Å². The van der Waals surface area contributed by atoms with Gasteiger partial charge in [0.2, 0.25) is 0 Å². The molecule has 0 aliphatic rings. The van der Waals surface area contributed by atoms with Crippen molar-refractivity contribution in [1.82, 2.24) is 0 Å². The molecule has 56 valence electrons. The van der Waals surface area contributed by atoms with Crippen LogP contribution < -0.4 is 0 Å². The van der Waals surface area contributed by atoms with Gasteiger partial charge in [-0.15, -0.1) is 0 Å². The normalized spacial score (nSPS) is 16.3. The van der Waals surface area contributed by atoms with Crippen molar-refractivity contribution in [3.05, 3.63) is 0 Å². The Hall–Kier alpha value is 1.23. The van der Waals surface area contributed by atoms with Crippen molar-refractivity contribution in [2.24, 2.45) is 0 Å². The molecule has 0 nitrogen and oxygen atoms in total. The summed E-state index contributed by atoms with van der Waals surface area (Å²) in [5.41, 5.74) is 0. The van der Waals surface area contributed by atoms with E-state index in [2.05, 4.69) is 31.9 Å². The highest BCUT2D eigenvalue weighted by atomic mass is 79.9. The zero-order valence-corrected chi connectivity index (χ0v) is 8.68. The molecule has 0 aromatic heterocycles. The van der Waals surface area contributed by atoms with E-state index in [4.69, 9.17) is 0 Å². The second-order valence-corrected chi connectivity index (χ2v) is 5.54. The summed E-state index contributed by atoms with van der Waals surface area (Å²) in [4.78, 5) is -3.47. The second-order valence-electron chi connectivity index (χ2n) is 1.28. The second kappa shape index (κ2) is 3.57. The highest BCUT2D eigenvalue weighted by Gasteiger charge is 2.40. The van der Waals surface area contributed by atoms with Crippen LogP contribution in [0.25, 0.3) is 0 Å². The predicted molar refractivity (Wildman–Crippen MR) is 40.4 cm³/mol. The van der Waals surface area contributed by atoms with Crippen molar-refractivity contribution in [2.75, 3.05) is 0 Å². The van der Waals surface area contributed by atoms with Crippen molar-refractivity contribution in [3.63, 3.8) is 0 Å². The monoisotopic (exact) mass is 332 g/mol. The summed E-state index contributed by atoms with van der Waals surface area (Å²) in [5.74, 6) is 0. The van der Waals surface area contributed by atoms with Crippen LogP contribution in [-0.2, 0) is 0 Å². The van der Waals surface area contributed by atoms with Crippen molar-refractivity contribution < 1.29 is 13.2 Å². The molecule has 0 amide bonds. The first kappa shape index (κ1) is 10.2. The highest BCUT2D eigenvalue weighted by molar-refractivity contribution is 9.24. The average molecular weight is 335 g/mol. The van der Waals surface area contributed by atoms with Gasteiger partial charge in [0, 0.05) is 0 Å². The molecule has 0 radical (unpaired) electrons. The molecule has 0 aromatic carbocycles. The van der Waals surface area contributed by atoms with E-state index in [1.54, 1.807) is 0 Å². The van der Waals surface area contributed by atoms with E-state index in [9.17, 15) is 13.2 Å². The van der Waals surface area contributed by atoms with E-state index in [1.165, 1.54) is 0 Å². The van der Waals surface area contributed by atoms with E-state index in [-0.39, 0.29) is 0 Å². The van der Waals surface area contributed by atoms with Crippen molar-refractivity contribution >= 4 is 47.8 Å². The van der Waals surface area contributed by atoms with Crippen molar-refractivity contribution in [2.45, 2.75) is 14.7 Å². The molecule has 6 heteroatoms. The Morgan fingerprint density at radius 3 is 1.56 bits per heavy atom. The lowest BCUT2D eigenvalue weighted by molar-refractivity contribution is 0.0318. The Labute approximate surface area is 75.6 Å². The summed E-state index contributed by atoms with van der Waals surface area (Å²) in [6.07, 6.45) is -2.27. The van der Waals surface area contributed by atoms with Gasteiger partial charge in [0.05, 0.1) is 0 Å². The molecule has 0 rings (SSSR count). The van der Waals surface area contributed by atoms with Gasteiger partial charge >= 0.3 is 4.83 Å². The number of hydrogen-bond acceptors (Lipinski definition) is 0. The molecule has 0 fully saturated rings. The third-order valence-corrected chi connectivity index (χ3v) is 1.90. The van der Waals surface area contributed by atoms with E-state index >= 15 is 0 Å². The van der Waals surface area contributed by atoms with Gasteiger partial charge in [0.15, 0.2) is 6.17 Å². The summed E-state index contributed by atoms with van der Waals surface area (Å²) in [7, 11) is 0. The first-order valence-electron chi connectivity index (χ1n) is 1.84. The van der Waals surface area contributed by atoms with Gasteiger partial charge in [0.1, 0.15) is 3.74 Å². The minimum atomic E-state index is -3.47. The molecule has 0 saturated carbocycles. The Kier molecular flexibility index (Phi) is 4.06. The summed E-state index contributed by atoms with van der Waals surface area (Å²) in [6.45, 7) is 0. The van der Waals surface area contributed by atoms with Gasteiger partial charge in [0.25, 0.3) is 0 Å². The van der Waals surface area contributed by atoms with E-state index in [0.29, 0.717) is 0 Å². The number of halogens is 6. The van der Waals surface area contributed by atoms with Crippen LogP contribution in [0.2, 0.25) is 0 Å². The molecule has 0 saturated heterocycles. The first-order valence-corrected chi connectivity index (χ1v) is 4.47. The standard InChI is InChI=1S/C3H2Br3F3/c4-2(5)1(7)3(6,8)9/h1-2H. The molecular formula is C3H2Br3F3. The smallest absolute Gasteiger partial charge is 0.238 e. The van der Waals surface area contributed by atoms with Crippen LogP contribution in [0.4, 0.5) is 13.2 Å². The predicted octanol–water partition coefficient (Wildman–Crippen LogP) is 3.43. The molecule has 0 aliphatic carbocycles. The highest BCUT2D eigenvalue weighted by Crippen LogP contribution is 2.35. The lowest BCUT2D eigenvalue weighted by atomic mass is 10.5.